The molecule has 0 amide bonds. The highest BCUT2D eigenvalue weighted by atomic mass is 14.2. The highest BCUT2D eigenvalue weighted by Gasteiger charge is 2.13. The molecule has 3 aromatic rings. The number of rotatable bonds is 6. The van der Waals surface area contributed by atoms with Gasteiger partial charge in [0.1, 0.15) is 0 Å². The van der Waals surface area contributed by atoms with Crippen LogP contribution in [0.25, 0.3) is 5.57 Å². The monoisotopic (exact) mass is 310 g/mol. The van der Waals surface area contributed by atoms with Gasteiger partial charge < -0.3 is 0 Å². The van der Waals surface area contributed by atoms with Crippen molar-refractivity contribution < 1.29 is 0 Å². The first-order valence-corrected chi connectivity index (χ1v) is 8.34. The maximum absolute atomic E-state index is 4.38. The van der Waals surface area contributed by atoms with Crippen LogP contribution in [0, 0.1) is 0 Å². The van der Waals surface area contributed by atoms with Gasteiger partial charge in [0.2, 0.25) is 0 Å². The van der Waals surface area contributed by atoms with Crippen LogP contribution in [0.2, 0.25) is 0 Å². The smallest absolute Gasteiger partial charge is 0.0269 e. The van der Waals surface area contributed by atoms with Gasteiger partial charge in [-0.25, -0.2) is 0 Å². The van der Waals surface area contributed by atoms with E-state index in [9.17, 15) is 0 Å². The van der Waals surface area contributed by atoms with Gasteiger partial charge in [-0.15, -0.1) is 0 Å². The molecule has 1 atom stereocenters. The number of hydrogen-bond donors (Lipinski definition) is 0. The largest absolute Gasteiger partial charge is 0.0943 e. The minimum atomic E-state index is 0.192. The average molecular weight is 310 g/mol. The predicted octanol–water partition coefficient (Wildman–Crippen LogP) is 6.28. The fourth-order valence-electron chi connectivity index (χ4n) is 2.87. The molecular weight excluding hydrogens is 288 g/mol. The van der Waals surface area contributed by atoms with Gasteiger partial charge in [-0.3, -0.25) is 0 Å². The first-order valence-electron chi connectivity index (χ1n) is 8.34. The second kappa shape index (κ2) is 8.12. The maximum atomic E-state index is 4.38. The van der Waals surface area contributed by atoms with Crippen LogP contribution >= 0.6 is 0 Å². The second-order valence-electron chi connectivity index (χ2n) is 5.90. The minimum Gasteiger partial charge on any atom is -0.0943 e. The Balaban J connectivity index is 1.84. The fraction of sp³-hybridized carbons (Fsp3) is 0.0833. The number of allylic oxidation sites excluding steroid dienone is 3. The standard InChI is InChI=1S/C24H22/c1-20(22-15-7-3-8-16-22)24(23-17-9-4-10-18-23)19-11-14-21-12-5-2-6-13-21/h2-13,15-19,24H,1,14H2/b19-11+/t24-/m0/s1. The third-order valence-corrected chi connectivity index (χ3v) is 4.20. The van der Waals surface area contributed by atoms with E-state index in [1.165, 1.54) is 16.7 Å². The van der Waals surface area contributed by atoms with E-state index in [1.54, 1.807) is 0 Å². The van der Waals surface area contributed by atoms with E-state index in [2.05, 4.69) is 104 Å². The summed E-state index contributed by atoms with van der Waals surface area (Å²) in [7, 11) is 0. The summed E-state index contributed by atoms with van der Waals surface area (Å²) in [5.74, 6) is 0.192. The summed E-state index contributed by atoms with van der Waals surface area (Å²) in [6.07, 6.45) is 5.46. The Hall–Kier alpha value is -2.86. The van der Waals surface area contributed by atoms with Crippen LogP contribution < -0.4 is 0 Å². The summed E-state index contributed by atoms with van der Waals surface area (Å²) in [5.41, 5.74) is 4.92. The molecule has 118 valence electrons. The Morgan fingerprint density at radius 3 is 1.92 bits per heavy atom. The minimum absolute atomic E-state index is 0.192. The van der Waals surface area contributed by atoms with Gasteiger partial charge in [-0.2, -0.15) is 0 Å². The molecule has 0 aliphatic rings. The number of hydrogen-bond acceptors (Lipinski definition) is 0. The Morgan fingerprint density at radius 2 is 1.29 bits per heavy atom. The molecule has 0 unspecified atom stereocenters. The van der Waals surface area contributed by atoms with Crippen molar-refractivity contribution >= 4 is 5.57 Å². The summed E-state index contributed by atoms with van der Waals surface area (Å²) in [6.45, 7) is 4.38. The first-order chi connectivity index (χ1) is 11.8. The van der Waals surface area contributed by atoms with Crippen molar-refractivity contribution in [1.29, 1.82) is 0 Å². The molecule has 0 nitrogen and oxygen atoms in total. The second-order valence-corrected chi connectivity index (χ2v) is 5.90. The topological polar surface area (TPSA) is 0 Å². The van der Waals surface area contributed by atoms with Crippen LogP contribution in [-0.2, 0) is 6.42 Å². The third kappa shape index (κ3) is 4.11. The molecule has 24 heavy (non-hydrogen) atoms. The highest BCUT2D eigenvalue weighted by Crippen LogP contribution is 2.32. The van der Waals surface area contributed by atoms with Crippen molar-refractivity contribution in [3.63, 3.8) is 0 Å². The maximum Gasteiger partial charge on any atom is 0.0269 e. The van der Waals surface area contributed by atoms with E-state index in [-0.39, 0.29) is 5.92 Å². The molecule has 3 rings (SSSR count). The molecule has 0 aliphatic heterocycles. The molecule has 0 saturated carbocycles. The zero-order valence-corrected chi connectivity index (χ0v) is 13.8. The van der Waals surface area contributed by atoms with Crippen molar-refractivity contribution in [2.24, 2.45) is 0 Å². The van der Waals surface area contributed by atoms with Crippen LogP contribution in [-0.4, -0.2) is 0 Å². The van der Waals surface area contributed by atoms with Crippen molar-refractivity contribution in [1.82, 2.24) is 0 Å². The van der Waals surface area contributed by atoms with Gasteiger partial charge in [0.15, 0.2) is 0 Å². The molecular formula is C24H22. The van der Waals surface area contributed by atoms with Crippen LogP contribution in [0.3, 0.4) is 0 Å². The van der Waals surface area contributed by atoms with Crippen LogP contribution in [0.1, 0.15) is 22.6 Å². The summed E-state index contributed by atoms with van der Waals surface area (Å²) in [5, 5.41) is 0. The van der Waals surface area contributed by atoms with Crippen molar-refractivity contribution in [3.05, 3.63) is 126 Å². The van der Waals surface area contributed by atoms with Gasteiger partial charge in [-0.1, -0.05) is 110 Å². The number of benzene rings is 3. The van der Waals surface area contributed by atoms with E-state index in [1.807, 2.05) is 6.07 Å². The fourth-order valence-corrected chi connectivity index (χ4v) is 2.87. The molecule has 0 saturated heterocycles. The zero-order valence-electron chi connectivity index (χ0n) is 13.8. The van der Waals surface area contributed by atoms with E-state index in [4.69, 9.17) is 0 Å². The lowest BCUT2D eigenvalue weighted by Crippen LogP contribution is -1.98. The lowest BCUT2D eigenvalue weighted by Gasteiger charge is -2.17. The molecule has 0 fully saturated rings. The molecule has 0 aromatic heterocycles. The quantitative estimate of drug-likeness (QED) is 0.470. The molecule has 0 bridgehead atoms. The normalized spacial score (nSPS) is 12.2. The van der Waals surface area contributed by atoms with Gasteiger partial charge in [0.25, 0.3) is 0 Å². The molecule has 0 aliphatic carbocycles. The summed E-state index contributed by atoms with van der Waals surface area (Å²) in [4.78, 5) is 0. The Labute approximate surface area is 144 Å². The van der Waals surface area contributed by atoms with Crippen LogP contribution in [0.15, 0.2) is 110 Å². The molecule has 0 spiro atoms. The van der Waals surface area contributed by atoms with Gasteiger partial charge in [-0.05, 0) is 28.7 Å². The molecule has 0 N–H and O–H groups in total. The SMILES string of the molecule is C=C(c1ccccc1)[C@H](/C=C/Cc1ccccc1)c1ccccc1. The van der Waals surface area contributed by atoms with E-state index in [0.717, 1.165) is 12.0 Å². The lowest BCUT2D eigenvalue weighted by molar-refractivity contribution is 1.09. The van der Waals surface area contributed by atoms with E-state index in [0.29, 0.717) is 0 Å². The molecule has 0 radical (unpaired) electrons. The third-order valence-electron chi connectivity index (χ3n) is 4.20. The Morgan fingerprint density at radius 1 is 0.750 bits per heavy atom. The zero-order chi connectivity index (χ0) is 16.6. The lowest BCUT2D eigenvalue weighted by atomic mass is 9.87. The average Bonchev–Trinajstić information content (AvgIpc) is 2.67. The van der Waals surface area contributed by atoms with Crippen LogP contribution in [0.4, 0.5) is 0 Å². The first kappa shape index (κ1) is 16.0. The van der Waals surface area contributed by atoms with Crippen LogP contribution in [0.5, 0.6) is 0 Å². The van der Waals surface area contributed by atoms with Crippen molar-refractivity contribution in [3.8, 4) is 0 Å². The van der Waals surface area contributed by atoms with E-state index < -0.39 is 0 Å². The molecule has 3 aromatic carbocycles. The van der Waals surface area contributed by atoms with Crippen molar-refractivity contribution in [2.75, 3.05) is 0 Å². The van der Waals surface area contributed by atoms with Gasteiger partial charge in [0, 0.05) is 5.92 Å². The Kier molecular flexibility index (Phi) is 5.42. The summed E-state index contributed by atoms with van der Waals surface area (Å²) in [6, 6.07) is 31.5. The summed E-state index contributed by atoms with van der Waals surface area (Å²) >= 11 is 0. The molecule has 0 heterocycles. The van der Waals surface area contributed by atoms with Gasteiger partial charge in [0.05, 0.1) is 0 Å². The molecule has 0 heteroatoms. The Bertz CT molecular complexity index is 783. The van der Waals surface area contributed by atoms with E-state index >= 15 is 0 Å². The van der Waals surface area contributed by atoms with Crippen molar-refractivity contribution in [2.45, 2.75) is 12.3 Å². The summed E-state index contributed by atoms with van der Waals surface area (Å²) < 4.78 is 0. The predicted molar refractivity (Wildman–Crippen MR) is 104 cm³/mol. The highest BCUT2D eigenvalue weighted by molar-refractivity contribution is 5.71. The van der Waals surface area contributed by atoms with Gasteiger partial charge >= 0.3 is 0 Å².